The molecular formula is C17H17N3O. The lowest BCUT2D eigenvalue weighted by molar-refractivity contribution is 0.0684. The van der Waals surface area contributed by atoms with E-state index < -0.39 is 0 Å². The molecule has 21 heavy (non-hydrogen) atoms. The number of carbonyl (C=O) groups is 1. The van der Waals surface area contributed by atoms with Gasteiger partial charge in [0.25, 0.3) is 5.91 Å². The van der Waals surface area contributed by atoms with Gasteiger partial charge in [-0.3, -0.25) is 4.79 Å². The Labute approximate surface area is 124 Å². The van der Waals surface area contributed by atoms with E-state index in [0.29, 0.717) is 17.8 Å². The smallest absolute Gasteiger partial charge is 0.272 e. The molecule has 2 aromatic rings. The molecule has 2 rings (SSSR count). The number of carbonyl (C=O) groups excluding carboxylic acids is 1. The van der Waals surface area contributed by atoms with Crippen LogP contribution < -0.4 is 0 Å². The van der Waals surface area contributed by atoms with E-state index in [1.807, 2.05) is 50.2 Å². The number of nitrogens with zero attached hydrogens (tertiary/aromatic N) is 3. The lowest BCUT2D eigenvalue weighted by Gasteiger charge is -2.26. The molecule has 106 valence electrons. The minimum Gasteiger partial charge on any atom is -0.331 e. The summed E-state index contributed by atoms with van der Waals surface area (Å²) in [6, 6.07) is 15.1. The normalized spacial score (nSPS) is 10.2. The van der Waals surface area contributed by atoms with Crippen molar-refractivity contribution < 1.29 is 4.79 Å². The quantitative estimate of drug-likeness (QED) is 0.864. The Bertz CT molecular complexity index is 642. The highest BCUT2D eigenvalue weighted by molar-refractivity contribution is 5.92. The van der Waals surface area contributed by atoms with Crippen molar-refractivity contribution in [2.45, 2.75) is 26.4 Å². The van der Waals surface area contributed by atoms with Crippen molar-refractivity contribution in [3.8, 4) is 6.07 Å². The first-order chi connectivity index (χ1) is 10.1. The third kappa shape index (κ3) is 3.67. The summed E-state index contributed by atoms with van der Waals surface area (Å²) in [5.41, 5.74) is 1.89. The molecule has 0 aliphatic heterocycles. The molecule has 1 heterocycles. The van der Waals surface area contributed by atoms with Gasteiger partial charge in [-0.1, -0.05) is 30.3 Å². The van der Waals surface area contributed by atoms with Gasteiger partial charge in [-0.15, -0.1) is 0 Å². The molecular weight excluding hydrogens is 262 g/mol. The fourth-order valence-corrected chi connectivity index (χ4v) is 2.00. The van der Waals surface area contributed by atoms with Gasteiger partial charge in [0, 0.05) is 18.8 Å². The number of benzene rings is 1. The molecule has 1 aromatic carbocycles. The van der Waals surface area contributed by atoms with Crippen molar-refractivity contribution in [2.24, 2.45) is 0 Å². The van der Waals surface area contributed by atoms with E-state index in [-0.39, 0.29) is 11.9 Å². The maximum atomic E-state index is 12.6. The summed E-state index contributed by atoms with van der Waals surface area (Å²) in [7, 11) is 0. The molecule has 0 saturated heterocycles. The zero-order valence-corrected chi connectivity index (χ0v) is 12.2. The molecule has 4 heteroatoms. The summed E-state index contributed by atoms with van der Waals surface area (Å²) >= 11 is 0. The Hall–Kier alpha value is -2.67. The van der Waals surface area contributed by atoms with Gasteiger partial charge < -0.3 is 4.90 Å². The maximum Gasteiger partial charge on any atom is 0.272 e. The van der Waals surface area contributed by atoms with E-state index in [1.165, 1.54) is 6.20 Å². The molecule has 0 radical (unpaired) electrons. The third-order valence-corrected chi connectivity index (χ3v) is 3.19. The number of pyridine rings is 1. The molecule has 0 fully saturated rings. The Morgan fingerprint density at radius 1 is 1.24 bits per heavy atom. The van der Waals surface area contributed by atoms with Gasteiger partial charge in [0.1, 0.15) is 11.8 Å². The summed E-state index contributed by atoms with van der Waals surface area (Å²) in [6.45, 7) is 4.49. The second-order valence-corrected chi connectivity index (χ2v) is 5.06. The van der Waals surface area contributed by atoms with Gasteiger partial charge in [0.05, 0.1) is 5.56 Å². The maximum absolute atomic E-state index is 12.6. The van der Waals surface area contributed by atoms with E-state index in [1.54, 1.807) is 17.0 Å². The highest BCUT2D eigenvalue weighted by Crippen LogP contribution is 2.12. The van der Waals surface area contributed by atoms with Gasteiger partial charge in [-0.2, -0.15) is 5.26 Å². The number of rotatable bonds is 4. The van der Waals surface area contributed by atoms with Gasteiger partial charge in [-0.25, -0.2) is 4.98 Å². The highest BCUT2D eigenvalue weighted by atomic mass is 16.2. The molecule has 1 amide bonds. The average molecular weight is 279 g/mol. The minimum absolute atomic E-state index is 0.0650. The van der Waals surface area contributed by atoms with E-state index in [0.717, 1.165) is 5.56 Å². The van der Waals surface area contributed by atoms with Crippen LogP contribution in [0.15, 0.2) is 48.7 Å². The monoisotopic (exact) mass is 279 g/mol. The first kappa shape index (κ1) is 14.7. The number of hydrogen-bond acceptors (Lipinski definition) is 3. The van der Waals surface area contributed by atoms with Gasteiger partial charge >= 0.3 is 0 Å². The molecule has 0 aliphatic rings. The molecule has 0 bridgehead atoms. The van der Waals surface area contributed by atoms with Crippen LogP contribution in [0.1, 0.15) is 35.5 Å². The van der Waals surface area contributed by atoms with E-state index in [9.17, 15) is 4.79 Å². The molecule has 1 aromatic heterocycles. The van der Waals surface area contributed by atoms with E-state index in [4.69, 9.17) is 5.26 Å². The van der Waals surface area contributed by atoms with Gasteiger partial charge in [-0.05, 0) is 31.5 Å². The summed E-state index contributed by atoms with van der Waals surface area (Å²) in [5, 5.41) is 8.77. The van der Waals surface area contributed by atoms with Crippen LogP contribution in [0.3, 0.4) is 0 Å². The SMILES string of the molecule is CC(C)N(Cc1ccccc1)C(=O)c1ccc(C#N)cn1. The van der Waals surface area contributed by atoms with Crippen LogP contribution in [0.2, 0.25) is 0 Å². The predicted molar refractivity (Wildman–Crippen MR) is 80.4 cm³/mol. The highest BCUT2D eigenvalue weighted by Gasteiger charge is 2.20. The Morgan fingerprint density at radius 2 is 1.95 bits per heavy atom. The summed E-state index contributed by atoms with van der Waals surface area (Å²) in [6.07, 6.45) is 1.42. The summed E-state index contributed by atoms with van der Waals surface area (Å²) in [5.74, 6) is -0.127. The summed E-state index contributed by atoms with van der Waals surface area (Å²) < 4.78 is 0. The fourth-order valence-electron chi connectivity index (χ4n) is 2.00. The van der Waals surface area contributed by atoms with Crippen LogP contribution >= 0.6 is 0 Å². The molecule has 0 atom stereocenters. The first-order valence-corrected chi connectivity index (χ1v) is 6.83. The molecule has 0 spiro atoms. The van der Waals surface area contributed by atoms with E-state index >= 15 is 0 Å². The minimum atomic E-state index is -0.127. The van der Waals surface area contributed by atoms with Crippen LogP contribution in [0.25, 0.3) is 0 Å². The van der Waals surface area contributed by atoms with Crippen LogP contribution in [0.4, 0.5) is 0 Å². The molecule has 0 saturated carbocycles. The van der Waals surface area contributed by atoms with Crippen LogP contribution in [0.5, 0.6) is 0 Å². The van der Waals surface area contributed by atoms with Gasteiger partial charge in [0.15, 0.2) is 0 Å². The zero-order chi connectivity index (χ0) is 15.2. The lowest BCUT2D eigenvalue weighted by atomic mass is 10.1. The largest absolute Gasteiger partial charge is 0.331 e. The Balaban J connectivity index is 2.21. The topological polar surface area (TPSA) is 57.0 Å². The Kier molecular flexibility index (Phi) is 4.68. The Morgan fingerprint density at radius 3 is 2.48 bits per heavy atom. The van der Waals surface area contributed by atoms with Crippen LogP contribution in [-0.2, 0) is 6.54 Å². The molecule has 0 aliphatic carbocycles. The molecule has 4 nitrogen and oxygen atoms in total. The number of amides is 1. The number of aromatic nitrogens is 1. The van der Waals surface area contributed by atoms with Crippen molar-refractivity contribution in [1.82, 2.24) is 9.88 Å². The van der Waals surface area contributed by atoms with Crippen molar-refractivity contribution >= 4 is 5.91 Å². The number of nitriles is 1. The third-order valence-electron chi connectivity index (χ3n) is 3.19. The lowest BCUT2D eigenvalue weighted by Crippen LogP contribution is -2.36. The predicted octanol–water partition coefficient (Wildman–Crippen LogP) is 3.00. The van der Waals surface area contributed by atoms with Crippen molar-refractivity contribution in [3.63, 3.8) is 0 Å². The zero-order valence-electron chi connectivity index (χ0n) is 12.2. The van der Waals surface area contributed by atoms with Crippen molar-refractivity contribution in [2.75, 3.05) is 0 Å². The van der Waals surface area contributed by atoms with Crippen LogP contribution in [0, 0.1) is 11.3 Å². The number of hydrogen-bond donors (Lipinski definition) is 0. The fraction of sp³-hybridized carbons (Fsp3) is 0.235. The first-order valence-electron chi connectivity index (χ1n) is 6.83. The molecule has 0 N–H and O–H groups in total. The standard InChI is InChI=1S/C17H17N3O/c1-13(2)20(12-14-6-4-3-5-7-14)17(21)16-9-8-15(10-18)11-19-16/h3-9,11,13H,12H2,1-2H3. The molecule has 0 unspecified atom stereocenters. The van der Waals surface area contributed by atoms with Crippen molar-refractivity contribution in [3.05, 3.63) is 65.5 Å². The second kappa shape index (κ2) is 6.67. The van der Waals surface area contributed by atoms with E-state index in [2.05, 4.69) is 4.98 Å². The second-order valence-electron chi connectivity index (χ2n) is 5.06. The van der Waals surface area contributed by atoms with Crippen molar-refractivity contribution in [1.29, 1.82) is 5.26 Å². The van der Waals surface area contributed by atoms with Gasteiger partial charge in [0.2, 0.25) is 0 Å². The average Bonchev–Trinajstić information content (AvgIpc) is 2.53. The van der Waals surface area contributed by atoms with Crippen LogP contribution in [-0.4, -0.2) is 21.8 Å². The summed E-state index contributed by atoms with van der Waals surface area (Å²) in [4.78, 5) is 18.4.